The van der Waals surface area contributed by atoms with Gasteiger partial charge in [0.2, 0.25) is 0 Å². The molecule has 0 saturated heterocycles. The molecule has 7 nitrogen and oxygen atoms in total. The molecule has 7 heteroatoms. The summed E-state index contributed by atoms with van der Waals surface area (Å²) in [5.41, 5.74) is 1.67. The van der Waals surface area contributed by atoms with Gasteiger partial charge in [-0.05, 0) is 24.1 Å². The summed E-state index contributed by atoms with van der Waals surface area (Å²) in [5.74, 6) is 1.16. The Labute approximate surface area is 147 Å². The van der Waals surface area contributed by atoms with E-state index in [1.165, 1.54) is 0 Å². The van der Waals surface area contributed by atoms with Crippen LogP contribution in [0.2, 0.25) is 0 Å². The largest absolute Gasteiger partial charge is 0.497 e. The topological polar surface area (TPSA) is 96.5 Å². The van der Waals surface area contributed by atoms with Crippen LogP contribution >= 0.6 is 0 Å². The lowest BCUT2D eigenvalue weighted by molar-refractivity contribution is 0.0886. The molecule has 2 rings (SSSR count). The van der Waals surface area contributed by atoms with E-state index in [-0.39, 0.29) is 24.5 Å². The smallest absolute Gasteiger partial charge is 0.269 e. The van der Waals surface area contributed by atoms with Crippen molar-refractivity contribution in [3.63, 3.8) is 0 Å². The molecule has 0 spiro atoms. The first-order valence-corrected chi connectivity index (χ1v) is 8.23. The fourth-order valence-corrected chi connectivity index (χ4v) is 2.48. The number of aromatic nitrogens is 2. The highest BCUT2D eigenvalue weighted by atomic mass is 16.5. The fraction of sp³-hybridized carbons (Fsp3) is 0.444. The van der Waals surface area contributed by atoms with Gasteiger partial charge in [-0.3, -0.25) is 9.89 Å². The zero-order valence-electron chi connectivity index (χ0n) is 15.0. The minimum Gasteiger partial charge on any atom is -0.497 e. The highest BCUT2D eigenvalue weighted by Gasteiger charge is 2.20. The Morgan fingerprint density at radius 3 is 2.68 bits per heavy atom. The molecule has 0 aliphatic rings. The maximum atomic E-state index is 12.4. The van der Waals surface area contributed by atoms with E-state index in [0.29, 0.717) is 22.9 Å². The quantitative estimate of drug-likeness (QED) is 0.680. The number of aliphatic hydroxyl groups is 1. The van der Waals surface area contributed by atoms with Gasteiger partial charge in [-0.1, -0.05) is 20.3 Å². The number of hydrogen-bond acceptors (Lipinski definition) is 5. The minimum atomic E-state index is -0.300. The van der Waals surface area contributed by atoms with Gasteiger partial charge in [-0.15, -0.1) is 0 Å². The van der Waals surface area contributed by atoms with E-state index in [4.69, 9.17) is 9.47 Å². The summed E-state index contributed by atoms with van der Waals surface area (Å²) in [7, 11) is 3.15. The lowest BCUT2D eigenvalue weighted by atomic mass is 10.00. The van der Waals surface area contributed by atoms with Gasteiger partial charge in [0.15, 0.2) is 0 Å². The number of H-pyrrole nitrogens is 1. The Balaban J connectivity index is 2.21. The Kier molecular flexibility index (Phi) is 6.41. The van der Waals surface area contributed by atoms with Crippen molar-refractivity contribution in [2.75, 3.05) is 20.8 Å². The standard InChI is InChI=1S/C18H25N3O4/c1-5-11(2)16(10-22)19-18(23)15-9-14(20-21-15)13-7-6-12(24-3)8-17(13)25-4/h6-9,11,16,22H,5,10H2,1-4H3,(H,19,23)(H,20,21)/t11-,16+/m0/s1. The Morgan fingerprint density at radius 2 is 2.08 bits per heavy atom. The number of rotatable bonds is 8. The highest BCUT2D eigenvalue weighted by molar-refractivity contribution is 5.93. The number of hydrogen-bond donors (Lipinski definition) is 3. The molecular formula is C18H25N3O4. The van der Waals surface area contributed by atoms with Gasteiger partial charge in [0.1, 0.15) is 17.2 Å². The SMILES string of the molecule is CC[C@H](C)[C@@H](CO)NC(=O)c1cc(-c2ccc(OC)cc2OC)n[nH]1. The molecular weight excluding hydrogens is 322 g/mol. The highest BCUT2D eigenvalue weighted by Crippen LogP contribution is 2.32. The van der Waals surface area contributed by atoms with E-state index >= 15 is 0 Å². The molecule has 1 aromatic carbocycles. The summed E-state index contributed by atoms with van der Waals surface area (Å²) < 4.78 is 10.6. The molecule has 3 N–H and O–H groups in total. The van der Waals surface area contributed by atoms with Crippen molar-refractivity contribution in [1.82, 2.24) is 15.5 Å². The number of benzene rings is 1. The lowest BCUT2D eigenvalue weighted by Crippen LogP contribution is -2.42. The summed E-state index contributed by atoms with van der Waals surface area (Å²) in [6.07, 6.45) is 0.864. The molecule has 0 fully saturated rings. The first-order chi connectivity index (χ1) is 12.0. The van der Waals surface area contributed by atoms with Gasteiger partial charge in [-0.2, -0.15) is 5.10 Å². The van der Waals surface area contributed by atoms with Crippen LogP contribution in [0.15, 0.2) is 24.3 Å². The van der Waals surface area contributed by atoms with Crippen LogP contribution in [0.25, 0.3) is 11.3 Å². The molecule has 0 radical (unpaired) electrons. The number of methoxy groups -OCH3 is 2. The number of nitrogens with one attached hydrogen (secondary N) is 2. The first kappa shape index (κ1) is 18.8. The van der Waals surface area contributed by atoms with Gasteiger partial charge >= 0.3 is 0 Å². The van der Waals surface area contributed by atoms with Gasteiger partial charge < -0.3 is 19.9 Å². The Hall–Kier alpha value is -2.54. The number of amides is 1. The maximum absolute atomic E-state index is 12.4. The van der Waals surface area contributed by atoms with Crippen LogP contribution in [0.3, 0.4) is 0 Å². The van der Waals surface area contributed by atoms with Gasteiger partial charge in [0, 0.05) is 11.6 Å². The van der Waals surface area contributed by atoms with E-state index in [9.17, 15) is 9.90 Å². The average Bonchev–Trinajstić information content (AvgIpc) is 3.14. The summed E-state index contributed by atoms with van der Waals surface area (Å²) >= 11 is 0. The first-order valence-electron chi connectivity index (χ1n) is 8.23. The van der Waals surface area contributed by atoms with E-state index < -0.39 is 0 Å². The zero-order chi connectivity index (χ0) is 18.4. The van der Waals surface area contributed by atoms with E-state index in [1.807, 2.05) is 19.9 Å². The molecule has 1 aromatic heterocycles. The number of aromatic amines is 1. The predicted molar refractivity (Wildman–Crippen MR) is 94.9 cm³/mol. The Morgan fingerprint density at radius 1 is 1.32 bits per heavy atom. The molecule has 136 valence electrons. The average molecular weight is 347 g/mol. The van der Waals surface area contributed by atoms with Gasteiger partial charge in [0.25, 0.3) is 5.91 Å². The van der Waals surface area contributed by atoms with Crippen molar-refractivity contribution >= 4 is 5.91 Å². The molecule has 25 heavy (non-hydrogen) atoms. The van der Waals surface area contributed by atoms with Crippen molar-refractivity contribution in [2.45, 2.75) is 26.3 Å². The maximum Gasteiger partial charge on any atom is 0.269 e. The van der Waals surface area contributed by atoms with Crippen LogP contribution in [0.5, 0.6) is 11.5 Å². The monoisotopic (exact) mass is 347 g/mol. The van der Waals surface area contributed by atoms with Gasteiger partial charge in [0.05, 0.1) is 32.6 Å². The third-order valence-electron chi connectivity index (χ3n) is 4.35. The normalized spacial score (nSPS) is 13.2. The zero-order valence-corrected chi connectivity index (χ0v) is 15.0. The van der Waals surface area contributed by atoms with Crippen LogP contribution in [0.1, 0.15) is 30.8 Å². The summed E-state index contributed by atoms with van der Waals surface area (Å²) in [4.78, 5) is 12.4. The van der Waals surface area contributed by atoms with E-state index in [2.05, 4.69) is 15.5 Å². The number of carbonyl (C=O) groups is 1. The van der Waals surface area contributed by atoms with E-state index in [0.717, 1.165) is 12.0 Å². The van der Waals surface area contributed by atoms with Crippen LogP contribution in [-0.4, -0.2) is 48.1 Å². The van der Waals surface area contributed by atoms with Crippen molar-refractivity contribution < 1.29 is 19.4 Å². The summed E-state index contributed by atoms with van der Waals surface area (Å²) in [6, 6.07) is 6.75. The third kappa shape index (κ3) is 4.30. The molecule has 2 atom stereocenters. The molecule has 2 aromatic rings. The van der Waals surface area contributed by atoms with Crippen molar-refractivity contribution in [2.24, 2.45) is 5.92 Å². The van der Waals surface area contributed by atoms with Gasteiger partial charge in [-0.25, -0.2) is 0 Å². The molecule has 0 aliphatic heterocycles. The fourth-order valence-electron chi connectivity index (χ4n) is 2.48. The van der Waals surface area contributed by atoms with Crippen molar-refractivity contribution in [3.05, 3.63) is 30.0 Å². The molecule has 1 amide bonds. The Bertz CT molecular complexity index is 714. The van der Waals surface area contributed by atoms with Crippen LogP contribution in [0, 0.1) is 5.92 Å². The summed E-state index contributed by atoms with van der Waals surface area (Å²) in [5, 5.41) is 19.2. The number of nitrogens with zero attached hydrogens (tertiary/aromatic N) is 1. The number of aliphatic hydroxyl groups excluding tert-OH is 1. The van der Waals surface area contributed by atoms with Crippen LogP contribution < -0.4 is 14.8 Å². The second-order valence-electron chi connectivity index (χ2n) is 5.88. The number of ether oxygens (including phenoxy) is 2. The van der Waals surface area contributed by atoms with Crippen LogP contribution in [0.4, 0.5) is 0 Å². The van der Waals surface area contributed by atoms with Crippen LogP contribution in [-0.2, 0) is 0 Å². The van der Waals surface area contributed by atoms with Crippen molar-refractivity contribution in [3.8, 4) is 22.8 Å². The van der Waals surface area contributed by atoms with E-state index in [1.54, 1.807) is 32.4 Å². The molecule has 1 heterocycles. The lowest BCUT2D eigenvalue weighted by Gasteiger charge is -2.21. The molecule has 0 saturated carbocycles. The molecule has 0 unspecified atom stereocenters. The second kappa shape index (κ2) is 8.53. The predicted octanol–water partition coefficient (Wildman–Crippen LogP) is 2.23. The van der Waals surface area contributed by atoms with Crippen molar-refractivity contribution in [1.29, 1.82) is 0 Å². The summed E-state index contributed by atoms with van der Waals surface area (Å²) in [6.45, 7) is 3.90. The molecule has 0 bridgehead atoms. The molecule has 0 aliphatic carbocycles. The second-order valence-corrected chi connectivity index (χ2v) is 5.88. The number of carbonyl (C=O) groups excluding carboxylic acids is 1. The third-order valence-corrected chi connectivity index (χ3v) is 4.35. The minimum absolute atomic E-state index is 0.103.